The molecule has 1 unspecified atom stereocenters. The van der Waals surface area contributed by atoms with Gasteiger partial charge in [-0.3, -0.25) is 0 Å². The van der Waals surface area contributed by atoms with Gasteiger partial charge in [0.2, 0.25) is 5.28 Å². The first-order valence-corrected chi connectivity index (χ1v) is 7.40. The maximum atomic E-state index is 13.2. The Morgan fingerprint density at radius 3 is 2.55 bits per heavy atom. The van der Waals surface area contributed by atoms with Gasteiger partial charge in [0.05, 0.1) is 16.8 Å². The molecule has 2 aromatic rings. The van der Waals surface area contributed by atoms with Crippen molar-refractivity contribution in [1.82, 2.24) is 19.9 Å². The van der Waals surface area contributed by atoms with E-state index in [-0.39, 0.29) is 36.4 Å². The molecular formula is C14H12ClF3N4. The van der Waals surface area contributed by atoms with Gasteiger partial charge in [0.1, 0.15) is 5.52 Å². The van der Waals surface area contributed by atoms with Crippen molar-refractivity contribution in [2.24, 2.45) is 11.3 Å². The molecule has 3 saturated carbocycles. The average molecular weight is 329 g/mol. The first kappa shape index (κ1) is 14.1. The number of aryl methyl sites for hydroxylation is 1. The Morgan fingerprint density at radius 1 is 1.18 bits per heavy atom. The zero-order valence-corrected chi connectivity index (χ0v) is 12.4. The summed E-state index contributed by atoms with van der Waals surface area (Å²) in [4.78, 5) is 16.7. The highest BCUT2D eigenvalue weighted by atomic mass is 35.5. The monoisotopic (exact) mass is 328 g/mol. The van der Waals surface area contributed by atoms with E-state index in [0.29, 0.717) is 22.6 Å². The van der Waals surface area contributed by atoms with E-state index >= 15 is 0 Å². The largest absolute Gasteiger partial charge is 0.394 e. The van der Waals surface area contributed by atoms with Crippen LogP contribution in [0.4, 0.5) is 13.2 Å². The molecule has 116 valence electrons. The minimum absolute atomic E-state index is 0.00700. The summed E-state index contributed by atoms with van der Waals surface area (Å²) in [6, 6.07) is 0. The summed E-state index contributed by atoms with van der Waals surface area (Å²) in [7, 11) is 0. The number of halogens is 4. The summed E-state index contributed by atoms with van der Waals surface area (Å²) in [5, 5.41) is 0.00700. The van der Waals surface area contributed by atoms with E-state index in [4.69, 9.17) is 11.6 Å². The van der Waals surface area contributed by atoms with E-state index in [1.165, 1.54) is 0 Å². The van der Waals surface area contributed by atoms with Gasteiger partial charge in [-0.05, 0) is 43.7 Å². The van der Waals surface area contributed by atoms with E-state index in [1.807, 2.05) is 0 Å². The topological polar surface area (TPSA) is 51.6 Å². The molecule has 0 radical (unpaired) electrons. The van der Waals surface area contributed by atoms with Crippen molar-refractivity contribution in [2.45, 2.75) is 38.3 Å². The second kappa shape index (κ2) is 4.28. The third kappa shape index (κ3) is 1.84. The molecule has 0 spiro atoms. The second-order valence-corrected chi connectivity index (χ2v) is 6.66. The van der Waals surface area contributed by atoms with Crippen LogP contribution >= 0.6 is 11.6 Å². The first-order valence-electron chi connectivity index (χ1n) is 7.03. The second-order valence-electron chi connectivity index (χ2n) is 6.32. The molecule has 22 heavy (non-hydrogen) atoms. The van der Waals surface area contributed by atoms with Gasteiger partial charge in [0.25, 0.3) is 0 Å². The molecule has 0 amide bonds. The molecule has 0 saturated heterocycles. The highest BCUT2D eigenvalue weighted by molar-refractivity contribution is 6.28. The van der Waals surface area contributed by atoms with Gasteiger partial charge in [-0.25, -0.2) is 15.0 Å². The Balaban J connectivity index is 1.80. The normalized spacial score (nSPS) is 30.6. The van der Waals surface area contributed by atoms with Crippen molar-refractivity contribution in [3.63, 3.8) is 0 Å². The van der Waals surface area contributed by atoms with Crippen LogP contribution in [0.25, 0.3) is 11.2 Å². The van der Waals surface area contributed by atoms with Crippen molar-refractivity contribution in [2.75, 3.05) is 0 Å². The number of hydrogen-bond acceptors (Lipinski definition) is 4. The Kier molecular flexibility index (Phi) is 2.74. The fourth-order valence-corrected chi connectivity index (χ4v) is 4.07. The SMILES string of the molecule is Cc1cnc2c(C3CC4(C(F)(F)F)CC3C4)nc(Cl)nc2n1. The fraction of sp³-hybridized carbons (Fsp3) is 0.571. The number of alkyl halides is 3. The van der Waals surface area contributed by atoms with E-state index in [0.717, 1.165) is 0 Å². The lowest BCUT2D eigenvalue weighted by atomic mass is 9.69. The van der Waals surface area contributed by atoms with Crippen molar-refractivity contribution in [1.29, 1.82) is 0 Å². The predicted octanol–water partition coefficient (Wildman–Crippen LogP) is 3.83. The highest BCUT2D eigenvalue weighted by Gasteiger charge is 2.69. The molecule has 4 nitrogen and oxygen atoms in total. The lowest BCUT2D eigenvalue weighted by molar-refractivity contribution is -0.244. The number of rotatable bonds is 1. The van der Waals surface area contributed by atoms with Crippen LogP contribution in [0.3, 0.4) is 0 Å². The number of fused-ring (bicyclic) bond motifs is 2. The van der Waals surface area contributed by atoms with Crippen LogP contribution in [0.5, 0.6) is 0 Å². The molecule has 2 aromatic heterocycles. The van der Waals surface area contributed by atoms with Crippen LogP contribution in [0.1, 0.15) is 36.6 Å². The van der Waals surface area contributed by atoms with E-state index in [9.17, 15) is 13.2 Å². The number of nitrogens with zero attached hydrogens (tertiary/aromatic N) is 4. The fourth-order valence-electron chi connectivity index (χ4n) is 3.90. The molecule has 3 aliphatic carbocycles. The molecule has 5 rings (SSSR count). The average Bonchev–Trinajstić information content (AvgIpc) is 2.92. The standard InChI is InChI=1S/C14H12ClF3N4/c1-6-5-19-10-9(21-12(15)22-11(10)20-6)8-4-13(14(16,17)18)2-7(8)3-13/h5,7-8H,2-4H2,1H3. The first-order chi connectivity index (χ1) is 10.3. The summed E-state index contributed by atoms with van der Waals surface area (Å²) in [5.74, 6) is -0.291. The number of hydrogen-bond donors (Lipinski definition) is 0. The molecule has 2 bridgehead atoms. The Labute approximate surface area is 129 Å². The molecule has 2 heterocycles. The minimum Gasteiger partial charge on any atom is -0.249 e. The van der Waals surface area contributed by atoms with Gasteiger partial charge >= 0.3 is 6.18 Å². The third-order valence-corrected chi connectivity index (χ3v) is 5.14. The molecule has 3 fully saturated rings. The highest BCUT2D eigenvalue weighted by Crippen LogP contribution is 2.70. The lowest BCUT2D eigenvalue weighted by Crippen LogP contribution is -2.42. The van der Waals surface area contributed by atoms with E-state index < -0.39 is 11.6 Å². The zero-order valence-electron chi connectivity index (χ0n) is 11.7. The Hall–Kier alpha value is -1.50. The van der Waals surface area contributed by atoms with Crippen LogP contribution < -0.4 is 0 Å². The van der Waals surface area contributed by atoms with Gasteiger partial charge in [-0.2, -0.15) is 18.2 Å². The van der Waals surface area contributed by atoms with Gasteiger partial charge in [0, 0.05) is 12.1 Å². The molecular weight excluding hydrogens is 317 g/mol. The van der Waals surface area contributed by atoms with E-state index in [2.05, 4.69) is 19.9 Å². The molecule has 0 aromatic carbocycles. The quantitative estimate of drug-likeness (QED) is 0.747. The number of aromatic nitrogens is 4. The van der Waals surface area contributed by atoms with Gasteiger partial charge in [0.15, 0.2) is 5.65 Å². The van der Waals surface area contributed by atoms with Gasteiger partial charge in [-0.1, -0.05) is 0 Å². The predicted molar refractivity (Wildman–Crippen MR) is 73.4 cm³/mol. The summed E-state index contributed by atoms with van der Waals surface area (Å²) < 4.78 is 39.7. The third-order valence-electron chi connectivity index (χ3n) is 4.97. The summed E-state index contributed by atoms with van der Waals surface area (Å²) in [6.45, 7) is 1.77. The van der Waals surface area contributed by atoms with Crippen molar-refractivity contribution >= 4 is 22.8 Å². The van der Waals surface area contributed by atoms with Crippen molar-refractivity contribution in [3.05, 3.63) is 22.9 Å². The maximum absolute atomic E-state index is 13.2. The van der Waals surface area contributed by atoms with E-state index in [1.54, 1.807) is 13.1 Å². The smallest absolute Gasteiger partial charge is 0.249 e. The molecule has 8 heteroatoms. The van der Waals surface area contributed by atoms with Crippen molar-refractivity contribution in [3.8, 4) is 0 Å². The zero-order chi connectivity index (χ0) is 15.7. The summed E-state index contributed by atoms with van der Waals surface area (Å²) in [6.07, 6.45) is -2.19. The maximum Gasteiger partial charge on any atom is 0.394 e. The van der Waals surface area contributed by atoms with Gasteiger partial charge in [-0.15, -0.1) is 0 Å². The molecule has 0 N–H and O–H groups in total. The van der Waals surface area contributed by atoms with Crippen LogP contribution in [0.2, 0.25) is 5.28 Å². The Morgan fingerprint density at radius 2 is 1.91 bits per heavy atom. The Bertz CT molecular complexity index is 765. The lowest BCUT2D eigenvalue weighted by Gasteiger charge is -2.39. The van der Waals surface area contributed by atoms with Crippen LogP contribution in [-0.2, 0) is 0 Å². The molecule has 1 atom stereocenters. The van der Waals surface area contributed by atoms with Crippen LogP contribution in [0, 0.1) is 18.3 Å². The van der Waals surface area contributed by atoms with Crippen LogP contribution in [0.15, 0.2) is 6.20 Å². The van der Waals surface area contributed by atoms with Gasteiger partial charge < -0.3 is 0 Å². The summed E-state index contributed by atoms with van der Waals surface area (Å²) in [5.41, 5.74) is 0.446. The molecule has 3 aliphatic rings. The van der Waals surface area contributed by atoms with Crippen LogP contribution in [-0.4, -0.2) is 26.1 Å². The minimum atomic E-state index is -4.16. The van der Waals surface area contributed by atoms with Crippen molar-refractivity contribution < 1.29 is 13.2 Å². The summed E-state index contributed by atoms with van der Waals surface area (Å²) >= 11 is 5.93. The molecule has 0 aliphatic heterocycles.